The summed E-state index contributed by atoms with van der Waals surface area (Å²) < 4.78 is 0. The molecule has 0 radical (unpaired) electrons. The average Bonchev–Trinajstić information content (AvgIpc) is 2.95. The molecule has 3 rings (SSSR count). The van der Waals surface area contributed by atoms with Crippen molar-refractivity contribution in [3.05, 3.63) is 0 Å². The standard InChI is InChI=1S/C20H35N5O2/c1-3-21-18(22-12-9-15-7-5-4-6-8-15)25-13-10-16(11-14-25)20(2)17(26)23-19(27)24-20/h15-16H,3-14H2,1-2H3,(H,21,22)(H2,23,24,26,27). The van der Waals surface area contributed by atoms with Crippen LogP contribution in [0.1, 0.15) is 65.2 Å². The van der Waals surface area contributed by atoms with Crippen molar-refractivity contribution < 1.29 is 9.59 Å². The first-order chi connectivity index (χ1) is 13.0. The van der Waals surface area contributed by atoms with E-state index in [9.17, 15) is 9.59 Å². The lowest BCUT2D eigenvalue weighted by molar-refractivity contribution is -0.125. The Morgan fingerprint density at radius 1 is 1.19 bits per heavy atom. The molecule has 7 nitrogen and oxygen atoms in total. The fourth-order valence-electron chi connectivity index (χ4n) is 4.77. The summed E-state index contributed by atoms with van der Waals surface area (Å²) in [5, 5.41) is 8.63. The van der Waals surface area contributed by atoms with Gasteiger partial charge in [0.1, 0.15) is 5.54 Å². The normalized spacial score (nSPS) is 28.2. The van der Waals surface area contributed by atoms with Crippen molar-refractivity contribution in [2.24, 2.45) is 16.8 Å². The first kappa shape index (κ1) is 20.0. The van der Waals surface area contributed by atoms with Crippen LogP contribution in [0.5, 0.6) is 0 Å². The molecule has 3 aliphatic rings. The number of piperidine rings is 1. The molecule has 1 unspecified atom stereocenters. The van der Waals surface area contributed by atoms with Gasteiger partial charge in [-0.25, -0.2) is 4.79 Å². The number of guanidine groups is 1. The number of nitrogens with zero attached hydrogens (tertiary/aromatic N) is 2. The smallest absolute Gasteiger partial charge is 0.322 e. The third-order valence-corrected chi connectivity index (χ3v) is 6.54. The molecule has 2 heterocycles. The molecule has 152 valence electrons. The van der Waals surface area contributed by atoms with E-state index in [0.717, 1.165) is 50.9 Å². The molecular formula is C20H35N5O2. The highest BCUT2D eigenvalue weighted by Gasteiger charge is 2.48. The van der Waals surface area contributed by atoms with Gasteiger partial charge in [-0.1, -0.05) is 32.1 Å². The molecule has 2 aliphatic heterocycles. The maximum absolute atomic E-state index is 12.2. The number of imide groups is 1. The van der Waals surface area contributed by atoms with Crippen LogP contribution in [0.3, 0.4) is 0 Å². The molecule has 27 heavy (non-hydrogen) atoms. The van der Waals surface area contributed by atoms with Crippen LogP contribution in [0.2, 0.25) is 0 Å². The number of rotatable bonds is 5. The van der Waals surface area contributed by atoms with E-state index in [1.165, 1.54) is 38.5 Å². The Hall–Kier alpha value is -1.79. The van der Waals surface area contributed by atoms with Crippen molar-refractivity contribution in [2.75, 3.05) is 26.2 Å². The zero-order valence-corrected chi connectivity index (χ0v) is 16.9. The molecule has 0 aromatic heterocycles. The number of amides is 3. The fraction of sp³-hybridized carbons (Fsp3) is 0.850. The van der Waals surface area contributed by atoms with Gasteiger partial charge in [-0.2, -0.15) is 0 Å². The summed E-state index contributed by atoms with van der Waals surface area (Å²) >= 11 is 0. The predicted octanol–water partition coefficient (Wildman–Crippen LogP) is 2.23. The van der Waals surface area contributed by atoms with Gasteiger partial charge in [-0.05, 0) is 44.9 Å². The van der Waals surface area contributed by atoms with Crippen LogP contribution in [0, 0.1) is 11.8 Å². The van der Waals surface area contributed by atoms with Crippen molar-refractivity contribution >= 4 is 17.9 Å². The van der Waals surface area contributed by atoms with E-state index in [1.54, 1.807) is 0 Å². The summed E-state index contributed by atoms with van der Waals surface area (Å²) in [4.78, 5) is 30.9. The molecule has 3 amide bonds. The van der Waals surface area contributed by atoms with E-state index in [0.29, 0.717) is 0 Å². The van der Waals surface area contributed by atoms with E-state index in [4.69, 9.17) is 4.99 Å². The monoisotopic (exact) mass is 377 g/mol. The second-order valence-corrected chi connectivity index (χ2v) is 8.40. The number of nitrogens with one attached hydrogen (secondary N) is 3. The van der Waals surface area contributed by atoms with Gasteiger partial charge in [-0.3, -0.25) is 15.1 Å². The number of hydrogen-bond acceptors (Lipinski definition) is 3. The molecular weight excluding hydrogens is 342 g/mol. The largest absolute Gasteiger partial charge is 0.357 e. The lowest BCUT2D eigenvalue weighted by Crippen LogP contribution is -2.55. The minimum atomic E-state index is -0.778. The predicted molar refractivity (Wildman–Crippen MR) is 107 cm³/mol. The topological polar surface area (TPSA) is 85.8 Å². The minimum absolute atomic E-state index is 0.158. The average molecular weight is 378 g/mol. The van der Waals surface area contributed by atoms with Crippen molar-refractivity contribution in [2.45, 2.75) is 70.8 Å². The Kier molecular flexibility index (Phi) is 6.60. The highest BCUT2D eigenvalue weighted by Crippen LogP contribution is 2.31. The Bertz CT molecular complexity index is 565. The van der Waals surface area contributed by atoms with Crippen LogP contribution in [0.25, 0.3) is 0 Å². The molecule has 0 aromatic rings. The summed E-state index contributed by atoms with van der Waals surface area (Å²) in [7, 11) is 0. The maximum atomic E-state index is 12.2. The molecule has 1 atom stereocenters. The van der Waals surface area contributed by atoms with Crippen molar-refractivity contribution in [1.82, 2.24) is 20.9 Å². The number of hydrogen-bond donors (Lipinski definition) is 3. The lowest BCUT2D eigenvalue weighted by atomic mass is 9.79. The Morgan fingerprint density at radius 3 is 2.48 bits per heavy atom. The van der Waals surface area contributed by atoms with Gasteiger partial charge in [0.15, 0.2) is 5.96 Å². The molecule has 1 saturated carbocycles. The number of carbonyl (C=O) groups is 2. The van der Waals surface area contributed by atoms with E-state index >= 15 is 0 Å². The maximum Gasteiger partial charge on any atom is 0.322 e. The second kappa shape index (κ2) is 8.93. The zero-order valence-electron chi connectivity index (χ0n) is 16.9. The van der Waals surface area contributed by atoms with Gasteiger partial charge in [0, 0.05) is 26.2 Å². The SMILES string of the molecule is CCNC(=NCCC1CCCCC1)N1CCC(C2(C)NC(=O)NC2=O)CC1. The van der Waals surface area contributed by atoms with Crippen LogP contribution in [0.15, 0.2) is 4.99 Å². The second-order valence-electron chi connectivity index (χ2n) is 8.40. The van der Waals surface area contributed by atoms with Crippen molar-refractivity contribution in [1.29, 1.82) is 0 Å². The molecule has 1 aliphatic carbocycles. The van der Waals surface area contributed by atoms with Gasteiger partial charge in [0.05, 0.1) is 0 Å². The Balaban J connectivity index is 1.52. The van der Waals surface area contributed by atoms with Crippen LogP contribution < -0.4 is 16.0 Å². The first-order valence-corrected chi connectivity index (χ1v) is 10.7. The van der Waals surface area contributed by atoms with Gasteiger partial charge >= 0.3 is 6.03 Å². The molecule has 0 spiro atoms. The zero-order chi connectivity index (χ0) is 19.3. The van der Waals surface area contributed by atoms with E-state index in [-0.39, 0.29) is 17.9 Å². The summed E-state index contributed by atoms with van der Waals surface area (Å²) in [6.07, 6.45) is 9.82. The van der Waals surface area contributed by atoms with E-state index < -0.39 is 5.54 Å². The Morgan fingerprint density at radius 2 is 1.89 bits per heavy atom. The molecule has 0 aromatic carbocycles. The third kappa shape index (κ3) is 4.74. The molecule has 7 heteroatoms. The summed E-state index contributed by atoms with van der Waals surface area (Å²) in [5.74, 6) is 1.81. The van der Waals surface area contributed by atoms with Crippen molar-refractivity contribution in [3.63, 3.8) is 0 Å². The van der Waals surface area contributed by atoms with Crippen LogP contribution >= 0.6 is 0 Å². The first-order valence-electron chi connectivity index (χ1n) is 10.7. The highest BCUT2D eigenvalue weighted by atomic mass is 16.2. The fourth-order valence-corrected chi connectivity index (χ4v) is 4.77. The van der Waals surface area contributed by atoms with Crippen LogP contribution in [-0.4, -0.2) is 54.5 Å². The lowest BCUT2D eigenvalue weighted by Gasteiger charge is -2.39. The van der Waals surface area contributed by atoms with Gasteiger partial charge in [0.2, 0.25) is 0 Å². The summed E-state index contributed by atoms with van der Waals surface area (Å²) in [5.41, 5.74) is -0.778. The van der Waals surface area contributed by atoms with Gasteiger partial charge < -0.3 is 15.5 Å². The van der Waals surface area contributed by atoms with Crippen molar-refractivity contribution in [3.8, 4) is 0 Å². The van der Waals surface area contributed by atoms with Gasteiger partial charge in [0.25, 0.3) is 5.91 Å². The minimum Gasteiger partial charge on any atom is -0.357 e. The highest BCUT2D eigenvalue weighted by molar-refractivity contribution is 6.07. The number of aliphatic imine (C=N–C) groups is 1. The summed E-state index contributed by atoms with van der Waals surface area (Å²) in [6.45, 7) is 7.42. The molecule has 3 fully saturated rings. The van der Waals surface area contributed by atoms with Crippen LogP contribution in [-0.2, 0) is 4.79 Å². The molecule has 0 bridgehead atoms. The number of likely N-dealkylation sites (tertiary alicyclic amines) is 1. The van der Waals surface area contributed by atoms with E-state index in [1.807, 2.05) is 6.92 Å². The third-order valence-electron chi connectivity index (χ3n) is 6.54. The Labute approximate surface area is 162 Å². The van der Waals surface area contributed by atoms with E-state index in [2.05, 4.69) is 27.8 Å². The molecule has 2 saturated heterocycles. The summed E-state index contributed by atoms with van der Waals surface area (Å²) in [6, 6.07) is -0.373. The molecule has 3 N–H and O–H groups in total. The van der Waals surface area contributed by atoms with Gasteiger partial charge in [-0.15, -0.1) is 0 Å². The number of carbonyl (C=O) groups excluding carboxylic acids is 2. The number of urea groups is 1. The van der Waals surface area contributed by atoms with Crippen LogP contribution in [0.4, 0.5) is 4.79 Å². The quantitative estimate of drug-likeness (QED) is 0.390.